The van der Waals surface area contributed by atoms with Gasteiger partial charge in [-0.3, -0.25) is 0 Å². The Morgan fingerprint density at radius 3 is 2.04 bits per heavy atom. The minimum Gasteiger partial charge on any atom is -0.496 e. The molecule has 0 heterocycles. The van der Waals surface area contributed by atoms with E-state index < -0.39 is 5.97 Å². The van der Waals surface area contributed by atoms with Crippen molar-refractivity contribution < 1.29 is 14.6 Å². The normalized spacial score (nSPS) is 10.3. The second-order valence-electron chi connectivity index (χ2n) is 5.16. The fourth-order valence-corrected chi connectivity index (χ4v) is 2.54. The first-order valence-corrected chi connectivity index (χ1v) is 7.26. The van der Waals surface area contributed by atoms with Crippen LogP contribution in [-0.2, 0) is 0 Å². The lowest BCUT2D eigenvalue weighted by molar-refractivity contribution is 0.0697. The highest BCUT2D eigenvalue weighted by Gasteiger charge is 2.11. The maximum Gasteiger partial charge on any atom is 0.335 e. The highest BCUT2D eigenvalue weighted by molar-refractivity contribution is 5.90. The molecule has 0 aromatic heterocycles. The Balaban J connectivity index is 2.02. The molecule has 114 valence electrons. The van der Waals surface area contributed by atoms with Crippen LogP contribution < -0.4 is 4.74 Å². The van der Waals surface area contributed by atoms with Gasteiger partial charge in [0.15, 0.2) is 0 Å². The van der Waals surface area contributed by atoms with Gasteiger partial charge in [0.2, 0.25) is 0 Å². The lowest BCUT2D eigenvalue weighted by atomic mass is 9.98. The van der Waals surface area contributed by atoms with E-state index in [1.54, 1.807) is 25.3 Å². The third-order valence-electron chi connectivity index (χ3n) is 3.75. The molecule has 0 amide bonds. The molecule has 3 aromatic carbocycles. The largest absolute Gasteiger partial charge is 0.496 e. The SMILES string of the molecule is COc1ccc(C(=O)O)cc1-c1ccc(-c2ccccc2)cc1. The number of ether oxygens (including phenoxy) is 1. The van der Waals surface area contributed by atoms with Gasteiger partial charge in [0, 0.05) is 5.56 Å². The van der Waals surface area contributed by atoms with Crippen LogP contribution in [0.1, 0.15) is 10.4 Å². The van der Waals surface area contributed by atoms with Crippen molar-refractivity contribution in [2.75, 3.05) is 7.11 Å². The van der Waals surface area contributed by atoms with Gasteiger partial charge in [-0.1, -0.05) is 54.6 Å². The lowest BCUT2D eigenvalue weighted by Crippen LogP contribution is -1.97. The lowest BCUT2D eigenvalue weighted by Gasteiger charge is -2.10. The molecule has 0 saturated carbocycles. The predicted molar refractivity (Wildman–Crippen MR) is 90.8 cm³/mol. The third-order valence-corrected chi connectivity index (χ3v) is 3.75. The summed E-state index contributed by atoms with van der Waals surface area (Å²) in [5, 5.41) is 9.17. The van der Waals surface area contributed by atoms with Crippen LogP contribution in [0.3, 0.4) is 0 Å². The molecule has 0 radical (unpaired) electrons. The first kappa shape index (κ1) is 14.9. The highest BCUT2D eigenvalue weighted by Crippen LogP contribution is 2.32. The number of aromatic carboxylic acids is 1. The molecule has 1 N–H and O–H groups in total. The molecule has 3 aromatic rings. The van der Waals surface area contributed by atoms with E-state index in [1.165, 1.54) is 0 Å². The maximum atomic E-state index is 11.2. The average Bonchev–Trinajstić information content (AvgIpc) is 2.62. The number of rotatable bonds is 4. The Hall–Kier alpha value is -3.07. The number of hydrogen-bond donors (Lipinski definition) is 1. The molecule has 0 atom stereocenters. The van der Waals surface area contributed by atoms with E-state index in [4.69, 9.17) is 4.74 Å². The van der Waals surface area contributed by atoms with E-state index in [0.717, 1.165) is 22.3 Å². The van der Waals surface area contributed by atoms with Crippen LogP contribution in [0.4, 0.5) is 0 Å². The van der Waals surface area contributed by atoms with Crippen LogP contribution in [0, 0.1) is 0 Å². The zero-order chi connectivity index (χ0) is 16.2. The molecule has 3 heteroatoms. The van der Waals surface area contributed by atoms with Crippen molar-refractivity contribution >= 4 is 5.97 Å². The fraction of sp³-hybridized carbons (Fsp3) is 0.0500. The van der Waals surface area contributed by atoms with Gasteiger partial charge in [-0.15, -0.1) is 0 Å². The summed E-state index contributed by atoms with van der Waals surface area (Å²) >= 11 is 0. The van der Waals surface area contributed by atoms with E-state index in [-0.39, 0.29) is 5.56 Å². The summed E-state index contributed by atoms with van der Waals surface area (Å²) in [5.41, 5.74) is 4.19. The van der Waals surface area contributed by atoms with Crippen LogP contribution in [-0.4, -0.2) is 18.2 Å². The number of carbonyl (C=O) groups is 1. The van der Waals surface area contributed by atoms with Crippen LogP contribution in [0.5, 0.6) is 5.75 Å². The minimum atomic E-state index is -0.949. The van der Waals surface area contributed by atoms with Crippen LogP contribution in [0.2, 0.25) is 0 Å². The van der Waals surface area contributed by atoms with Gasteiger partial charge < -0.3 is 9.84 Å². The predicted octanol–water partition coefficient (Wildman–Crippen LogP) is 4.73. The zero-order valence-electron chi connectivity index (χ0n) is 12.7. The van der Waals surface area contributed by atoms with Crippen molar-refractivity contribution in [3.63, 3.8) is 0 Å². The van der Waals surface area contributed by atoms with E-state index in [9.17, 15) is 9.90 Å². The van der Waals surface area contributed by atoms with E-state index in [2.05, 4.69) is 12.1 Å². The molecule has 3 nitrogen and oxygen atoms in total. The summed E-state index contributed by atoms with van der Waals surface area (Å²) in [4.78, 5) is 11.2. The van der Waals surface area contributed by atoms with Gasteiger partial charge in [0.1, 0.15) is 5.75 Å². The average molecular weight is 304 g/mol. The second-order valence-corrected chi connectivity index (χ2v) is 5.16. The quantitative estimate of drug-likeness (QED) is 0.758. The Labute approximate surface area is 134 Å². The molecule has 0 aliphatic heterocycles. The Bertz CT molecular complexity index is 821. The van der Waals surface area contributed by atoms with Crippen molar-refractivity contribution in [2.24, 2.45) is 0 Å². The van der Waals surface area contributed by atoms with Crippen molar-refractivity contribution in [2.45, 2.75) is 0 Å². The number of carboxylic acid groups (broad SMARTS) is 1. The maximum absolute atomic E-state index is 11.2. The zero-order valence-corrected chi connectivity index (χ0v) is 12.7. The molecule has 0 saturated heterocycles. The van der Waals surface area contributed by atoms with E-state index >= 15 is 0 Å². The number of benzene rings is 3. The van der Waals surface area contributed by atoms with Crippen LogP contribution in [0.15, 0.2) is 72.8 Å². The molecule has 0 spiro atoms. The van der Waals surface area contributed by atoms with Gasteiger partial charge in [-0.2, -0.15) is 0 Å². The number of methoxy groups -OCH3 is 1. The first-order valence-electron chi connectivity index (χ1n) is 7.26. The van der Waals surface area contributed by atoms with Crippen LogP contribution in [0.25, 0.3) is 22.3 Å². The van der Waals surface area contributed by atoms with Gasteiger partial charge in [0.05, 0.1) is 12.7 Å². The fourth-order valence-electron chi connectivity index (χ4n) is 2.54. The topological polar surface area (TPSA) is 46.5 Å². The Morgan fingerprint density at radius 1 is 0.826 bits per heavy atom. The number of hydrogen-bond acceptors (Lipinski definition) is 2. The van der Waals surface area contributed by atoms with Crippen molar-refractivity contribution in [3.05, 3.63) is 78.4 Å². The van der Waals surface area contributed by atoms with E-state index in [0.29, 0.717) is 5.75 Å². The molecule has 23 heavy (non-hydrogen) atoms. The molecule has 0 bridgehead atoms. The summed E-state index contributed by atoms with van der Waals surface area (Å²) < 4.78 is 5.36. The minimum absolute atomic E-state index is 0.243. The highest BCUT2D eigenvalue weighted by atomic mass is 16.5. The Kier molecular flexibility index (Phi) is 4.11. The van der Waals surface area contributed by atoms with Crippen molar-refractivity contribution in [3.8, 4) is 28.0 Å². The summed E-state index contributed by atoms with van der Waals surface area (Å²) in [7, 11) is 1.58. The number of carboxylic acids is 1. The molecule has 0 unspecified atom stereocenters. The van der Waals surface area contributed by atoms with Gasteiger partial charge in [-0.05, 0) is 34.9 Å². The molecule has 0 aliphatic rings. The summed E-state index contributed by atoms with van der Waals surface area (Å²) in [5.74, 6) is -0.294. The molecule has 0 aliphatic carbocycles. The Morgan fingerprint density at radius 2 is 1.43 bits per heavy atom. The third kappa shape index (κ3) is 3.09. The summed E-state index contributed by atoms with van der Waals surface area (Å²) in [6, 6.07) is 23.0. The smallest absolute Gasteiger partial charge is 0.335 e. The first-order chi connectivity index (χ1) is 11.2. The summed E-state index contributed by atoms with van der Waals surface area (Å²) in [6.45, 7) is 0. The molecule has 3 rings (SSSR count). The second kappa shape index (κ2) is 6.36. The van der Waals surface area contributed by atoms with Gasteiger partial charge in [0.25, 0.3) is 0 Å². The van der Waals surface area contributed by atoms with Gasteiger partial charge >= 0.3 is 5.97 Å². The molecular formula is C20H16O3. The van der Waals surface area contributed by atoms with Crippen molar-refractivity contribution in [1.82, 2.24) is 0 Å². The van der Waals surface area contributed by atoms with Crippen LogP contribution >= 0.6 is 0 Å². The monoisotopic (exact) mass is 304 g/mol. The summed E-state index contributed by atoms with van der Waals surface area (Å²) in [6.07, 6.45) is 0. The molecule has 0 fully saturated rings. The van der Waals surface area contributed by atoms with E-state index in [1.807, 2.05) is 42.5 Å². The van der Waals surface area contributed by atoms with Gasteiger partial charge in [-0.25, -0.2) is 4.79 Å². The molecular weight excluding hydrogens is 288 g/mol. The van der Waals surface area contributed by atoms with Crippen molar-refractivity contribution in [1.29, 1.82) is 0 Å². The standard InChI is InChI=1S/C20H16O3/c1-23-19-12-11-17(20(21)22)13-18(19)16-9-7-15(8-10-16)14-5-3-2-4-6-14/h2-13H,1H3,(H,21,22).